The molecule has 0 saturated carbocycles. The lowest BCUT2D eigenvalue weighted by Gasteiger charge is -2.19. The largest absolute Gasteiger partial charge is 0.484 e. The van der Waals surface area contributed by atoms with Crippen molar-refractivity contribution in [3.05, 3.63) is 95.8 Å². The summed E-state index contributed by atoms with van der Waals surface area (Å²) in [5.41, 5.74) is 0.740. The Morgan fingerprint density at radius 3 is 2.25 bits per heavy atom. The molecule has 0 saturated heterocycles. The summed E-state index contributed by atoms with van der Waals surface area (Å²) in [5, 5.41) is 2.85. The topological polar surface area (TPSA) is 51.2 Å². The highest BCUT2D eigenvalue weighted by molar-refractivity contribution is 5.78. The number of nitrogens with zero attached hydrogens (tertiary/aromatic N) is 1. The van der Waals surface area contributed by atoms with Crippen LogP contribution in [0.2, 0.25) is 0 Å². The van der Waals surface area contributed by atoms with Crippen molar-refractivity contribution in [1.29, 1.82) is 0 Å². The van der Waals surface area contributed by atoms with Crippen LogP contribution in [0.1, 0.15) is 22.9 Å². The summed E-state index contributed by atoms with van der Waals surface area (Å²) in [6, 6.07) is 18.5. The number of pyridine rings is 1. The zero-order valence-corrected chi connectivity index (χ0v) is 14.7. The molecule has 0 bridgehead atoms. The maximum atomic E-state index is 12.6. The number of carbonyl (C=O) groups excluding carboxylic acids is 1. The molecule has 3 rings (SSSR count). The van der Waals surface area contributed by atoms with Gasteiger partial charge in [0.25, 0.3) is 5.91 Å². The number of amides is 1. The number of alkyl halides is 3. The first-order valence-electron chi connectivity index (χ1n) is 8.49. The SMILES string of the molecule is O=C(COc1ccc(C(F)(F)F)cc1)NC(c1ccccc1)c1ccccn1. The average Bonchev–Trinajstić information content (AvgIpc) is 2.71. The van der Waals surface area contributed by atoms with E-state index in [9.17, 15) is 18.0 Å². The summed E-state index contributed by atoms with van der Waals surface area (Å²) >= 11 is 0. The molecule has 0 aliphatic rings. The molecule has 0 radical (unpaired) electrons. The third-order valence-corrected chi connectivity index (χ3v) is 3.97. The molecular weight excluding hydrogens is 369 g/mol. The lowest BCUT2D eigenvalue weighted by atomic mass is 10.0. The van der Waals surface area contributed by atoms with Crippen LogP contribution in [0.3, 0.4) is 0 Å². The Labute approximate surface area is 160 Å². The van der Waals surface area contributed by atoms with Gasteiger partial charge in [-0.25, -0.2) is 0 Å². The summed E-state index contributed by atoms with van der Waals surface area (Å²) in [6.07, 6.45) is -2.78. The molecule has 0 aliphatic carbocycles. The molecule has 1 atom stereocenters. The smallest absolute Gasteiger partial charge is 0.416 e. The van der Waals surface area contributed by atoms with Crippen LogP contribution < -0.4 is 10.1 Å². The van der Waals surface area contributed by atoms with Crippen LogP contribution in [0.25, 0.3) is 0 Å². The number of halogens is 3. The van der Waals surface area contributed by atoms with E-state index in [1.807, 2.05) is 36.4 Å². The summed E-state index contributed by atoms with van der Waals surface area (Å²) in [6.45, 7) is -0.332. The molecule has 7 heteroatoms. The Morgan fingerprint density at radius 2 is 1.64 bits per heavy atom. The van der Waals surface area contributed by atoms with Crippen LogP contribution in [0, 0.1) is 0 Å². The molecule has 144 valence electrons. The van der Waals surface area contributed by atoms with Gasteiger partial charge in [-0.15, -0.1) is 0 Å². The minimum absolute atomic E-state index is 0.178. The van der Waals surface area contributed by atoms with E-state index in [4.69, 9.17) is 4.74 Å². The van der Waals surface area contributed by atoms with Crippen LogP contribution in [0.15, 0.2) is 79.0 Å². The predicted molar refractivity (Wildman–Crippen MR) is 97.6 cm³/mol. The van der Waals surface area contributed by atoms with Gasteiger partial charge in [0, 0.05) is 6.20 Å². The van der Waals surface area contributed by atoms with Gasteiger partial charge in [-0.1, -0.05) is 36.4 Å². The highest BCUT2D eigenvalue weighted by Gasteiger charge is 2.30. The monoisotopic (exact) mass is 386 g/mol. The van der Waals surface area contributed by atoms with Crippen LogP contribution in [0.5, 0.6) is 5.75 Å². The minimum Gasteiger partial charge on any atom is -0.484 e. The van der Waals surface area contributed by atoms with Gasteiger partial charge in [-0.2, -0.15) is 13.2 Å². The van der Waals surface area contributed by atoms with E-state index in [-0.39, 0.29) is 12.4 Å². The second kappa shape index (κ2) is 8.56. The van der Waals surface area contributed by atoms with E-state index in [1.165, 1.54) is 12.1 Å². The van der Waals surface area contributed by atoms with E-state index in [2.05, 4.69) is 10.3 Å². The maximum Gasteiger partial charge on any atom is 0.416 e. The third-order valence-electron chi connectivity index (χ3n) is 3.97. The Hall–Kier alpha value is -3.35. The first kappa shape index (κ1) is 19.4. The van der Waals surface area contributed by atoms with Gasteiger partial charge in [0.2, 0.25) is 0 Å². The molecule has 4 nitrogen and oxygen atoms in total. The Balaban J connectivity index is 1.66. The zero-order valence-electron chi connectivity index (χ0n) is 14.7. The molecular formula is C21H17F3N2O2. The number of rotatable bonds is 6. The molecule has 1 aromatic heterocycles. The molecule has 1 amide bonds. The third kappa shape index (κ3) is 5.09. The molecule has 1 heterocycles. The van der Waals surface area contributed by atoms with Crippen LogP contribution in [0.4, 0.5) is 13.2 Å². The van der Waals surface area contributed by atoms with Crippen molar-refractivity contribution in [3.8, 4) is 5.75 Å². The van der Waals surface area contributed by atoms with Crippen LogP contribution in [-0.2, 0) is 11.0 Å². The molecule has 28 heavy (non-hydrogen) atoms. The maximum absolute atomic E-state index is 12.6. The molecule has 0 aliphatic heterocycles. The number of benzene rings is 2. The predicted octanol–water partition coefficient (Wildman–Crippen LogP) is 4.39. The highest BCUT2D eigenvalue weighted by atomic mass is 19.4. The number of nitrogens with one attached hydrogen (secondary N) is 1. The van der Waals surface area contributed by atoms with Crippen molar-refractivity contribution < 1.29 is 22.7 Å². The van der Waals surface area contributed by atoms with Gasteiger partial charge >= 0.3 is 6.18 Å². The molecule has 1 N–H and O–H groups in total. The molecule has 2 aromatic carbocycles. The lowest BCUT2D eigenvalue weighted by Crippen LogP contribution is -2.33. The Morgan fingerprint density at radius 1 is 0.964 bits per heavy atom. The fraction of sp³-hybridized carbons (Fsp3) is 0.143. The Kier molecular flexibility index (Phi) is 5.93. The van der Waals surface area contributed by atoms with Gasteiger partial charge in [-0.05, 0) is 42.0 Å². The summed E-state index contributed by atoms with van der Waals surface area (Å²) in [7, 11) is 0. The van der Waals surface area contributed by atoms with E-state index in [0.717, 1.165) is 17.7 Å². The summed E-state index contributed by atoms with van der Waals surface area (Å²) in [5.74, 6) is -0.239. The number of aromatic nitrogens is 1. The summed E-state index contributed by atoms with van der Waals surface area (Å²) < 4.78 is 43.1. The molecule has 0 fully saturated rings. The quantitative estimate of drug-likeness (QED) is 0.684. The van der Waals surface area contributed by atoms with Crippen LogP contribution >= 0.6 is 0 Å². The van der Waals surface area contributed by atoms with E-state index in [1.54, 1.807) is 18.3 Å². The van der Waals surface area contributed by atoms with E-state index >= 15 is 0 Å². The molecule has 0 spiro atoms. The van der Waals surface area contributed by atoms with Crippen molar-refractivity contribution in [2.24, 2.45) is 0 Å². The minimum atomic E-state index is -4.42. The van der Waals surface area contributed by atoms with Crippen molar-refractivity contribution in [3.63, 3.8) is 0 Å². The van der Waals surface area contributed by atoms with Crippen molar-refractivity contribution >= 4 is 5.91 Å². The second-order valence-electron chi connectivity index (χ2n) is 5.98. The standard InChI is InChI=1S/C21H17F3N2O2/c22-21(23,24)16-9-11-17(12-10-16)28-14-19(27)26-20(15-6-2-1-3-7-15)18-8-4-5-13-25-18/h1-13,20H,14H2,(H,26,27). The molecule has 3 aromatic rings. The van der Waals surface area contributed by atoms with Gasteiger partial charge < -0.3 is 10.1 Å². The van der Waals surface area contributed by atoms with Gasteiger partial charge in [0.15, 0.2) is 6.61 Å². The first-order chi connectivity index (χ1) is 13.4. The summed E-state index contributed by atoms with van der Waals surface area (Å²) in [4.78, 5) is 16.7. The number of hydrogen-bond donors (Lipinski definition) is 1. The fourth-order valence-corrected chi connectivity index (χ4v) is 2.61. The first-order valence-corrected chi connectivity index (χ1v) is 8.49. The van der Waals surface area contributed by atoms with Crippen molar-refractivity contribution in [2.45, 2.75) is 12.2 Å². The van der Waals surface area contributed by atoms with E-state index in [0.29, 0.717) is 5.69 Å². The number of carbonyl (C=O) groups is 1. The Bertz CT molecular complexity index is 859. The number of hydrogen-bond acceptors (Lipinski definition) is 3. The number of ether oxygens (including phenoxy) is 1. The lowest BCUT2D eigenvalue weighted by molar-refractivity contribution is -0.137. The zero-order chi connectivity index (χ0) is 20.0. The van der Waals surface area contributed by atoms with Gasteiger partial charge in [0.05, 0.1) is 17.3 Å². The highest BCUT2D eigenvalue weighted by Crippen LogP contribution is 2.30. The van der Waals surface area contributed by atoms with Gasteiger partial charge in [0.1, 0.15) is 5.75 Å². The average molecular weight is 386 g/mol. The fourth-order valence-electron chi connectivity index (χ4n) is 2.61. The van der Waals surface area contributed by atoms with E-state index < -0.39 is 23.7 Å². The van der Waals surface area contributed by atoms with Crippen molar-refractivity contribution in [1.82, 2.24) is 10.3 Å². The molecule has 1 unspecified atom stereocenters. The van der Waals surface area contributed by atoms with Crippen LogP contribution in [-0.4, -0.2) is 17.5 Å². The normalized spacial score (nSPS) is 12.2. The van der Waals surface area contributed by atoms with Crippen molar-refractivity contribution in [2.75, 3.05) is 6.61 Å². The second-order valence-corrected chi connectivity index (χ2v) is 5.98. The van der Waals surface area contributed by atoms with Gasteiger partial charge in [-0.3, -0.25) is 9.78 Å².